The molecule has 3 N–H and O–H groups in total. The van der Waals surface area contributed by atoms with Crippen molar-refractivity contribution in [3.8, 4) is 0 Å². The molecule has 2 atom stereocenters. The summed E-state index contributed by atoms with van der Waals surface area (Å²) in [5, 5.41) is 12.9. The lowest BCUT2D eigenvalue weighted by Crippen LogP contribution is -2.46. The molecular weight excluding hydrogens is 498 g/mol. The van der Waals surface area contributed by atoms with Crippen molar-refractivity contribution >= 4 is 16.0 Å². The molecule has 0 aromatic heterocycles. The molecule has 216 valence electrons. The molecule has 0 heterocycles. The molecule has 0 aliphatic carbocycles. The number of hydrogen-bond acceptors (Lipinski definition) is 4. The molecule has 0 saturated heterocycles. The zero-order valence-corrected chi connectivity index (χ0v) is 24.3. The highest BCUT2D eigenvalue weighted by Crippen LogP contribution is 2.07. The fourth-order valence-corrected chi connectivity index (χ4v) is 4.27. The standard InChI is InChI=1S/C31H51NO5S/c1-3-5-7-9-11-12-13-14-15-16-17-18-19-20-21-23-25-27-31(34)32-29(28-38(35,36)37)30(33)26-24-22-10-8-6-4-2/h5,7,11-12,14-15,17-18,20-21,24,26,29-30,33H,3-4,6,8-10,13,16,19,22-23,25,27-28H2,1-2H3,(H,32,34)(H,35,36,37)/b7-5-,12-11-,15-14-,18-17-,21-20-,26-24+. The van der Waals surface area contributed by atoms with Crippen LogP contribution in [0.1, 0.15) is 97.3 Å². The zero-order valence-electron chi connectivity index (χ0n) is 23.5. The Morgan fingerprint density at radius 2 is 1.26 bits per heavy atom. The minimum absolute atomic E-state index is 0.212. The van der Waals surface area contributed by atoms with Gasteiger partial charge in [-0.3, -0.25) is 9.35 Å². The Morgan fingerprint density at radius 1 is 0.737 bits per heavy atom. The van der Waals surface area contributed by atoms with Crippen LogP contribution in [0.15, 0.2) is 72.9 Å². The molecule has 0 aromatic carbocycles. The first-order chi connectivity index (χ1) is 18.3. The van der Waals surface area contributed by atoms with Gasteiger partial charge in [0.25, 0.3) is 10.1 Å². The molecule has 0 saturated carbocycles. The highest BCUT2D eigenvalue weighted by molar-refractivity contribution is 7.85. The molecule has 38 heavy (non-hydrogen) atoms. The Hall–Kier alpha value is -2.22. The van der Waals surface area contributed by atoms with Crippen LogP contribution in [0.25, 0.3) is 0 Å². The Morgan fingerprint density at radius 3 is 1.79 bits per heavy atom. The van der Waals surface area contributed by atoms with Crippen molar-refractivity contribution in [2.24, 2.45) is 0 Å². The number of rotatable bonds is 23. The minimum Gasteiger partial charge on any atom is -0.387 e. The molecule has 0 aliphatic heterocycles. The summed E-state index contributed by atoms with van der Waals surface area (Å²) >= 11 is 0. The van der Waals surface area contributed by atoms with Crippen molar-refractivity contribution in [1.29, 1.82) is 0 Å². The van der Waals surface area contributed by atoms with Crippen molar-refractivity contribution in [2.45, 2.75) is 109 Å². The van der Waals surface area contributed by atoms with E-state index in [0.717, 1.165) is 70.6 Å². The fourth-order valence-electron chi connectivity index (χ4n) is 3.54. The monoisotopic (exact) mass is 549 g/mol. The SMILES string of the molecule is CC/C=C\C/C=C\C/C=C\C/C=C\C/C=C\CCCC(=O)NC(CS(=O)(=O)O)C(O)/C=C/CCCCCC. The van der Waals surface area contributed by atoms with Gasteiger partial charge in [0.2, 0.25) is 5.91 Å². The van der Waals surface area contributed by atoms with Crippen molar-refractivity contribution in [3.05, 3.63) is 72.9 Å². The van der Waals surface area contributed by atoms with E-state index in [4.69, 9.17) is 0 Å². The maximum atomic E-state index is 12.3. The number of nitrogens with one attached hydrogen (secondary N) is 1. The van der Waals surface area contributed by atoms with E-state index in [1.54, 1.807) is 6.08 Å². The third kappa shape index (κ3) is 25.4. The van der Waals surface area contributed by atoms with Crippen LogP contribution >= 0.6 is 0 Å². The number of hydrogen-bond donors (Lipinski definition) is 3. The van der Waals surface area contributed by atoms with E-state index < -0.39 is 28.0 Å². The molecular formula is C31H51NO5S. The van der Waals surface area contributed by atoms with Gasteiger partial charge in [-0.2, -0.15) is 8.42 Å². The Kier molecular flexibility index (Phi) is 23.6. The summed E-state index contributed by atoms with van der Waals surface area (Å²) in [6.07, 6.45) is 34.9. The molecule has 0 aromatic rings. The van der Waals surface area contributed by atoms with E-state index in [2.05, 4.69) is 73.8 Å². The van der Waals surface area contributed by atoms with Gasteiger partial charge in [-0.1, -0.05) is 106 Å². The van der Waals surface area contributed by atoms with Crippen LogP contribution in [0.3, 0.4) is 0 Å². The van der Waals surface area contributed by atoms with Crippen molar-refractivity contribution in [1.82, 2.24) is 5.32 Å². The number of aliphatic hydroxyl groups is 1. The third-order valence-electron chi connectivity index (χ3n) is 5.64. The van der Waals surface area contributed by atoms with Gasteiger partial charge in [0.15, 0.2) is 0 Å². The van der Waals surface area contributed by atoms with Gasteiger partial charge in [-0.25, -0.2) is 0 Å². The van der Waals surface area contributed by atoms with Crippen LogP contribution < -0.4 is 5.32 Å². The van der Waals surface area contributed by atoms with Gasteiger partial charge in [0.05, 0.1) is 17.9 Å². The van der Waals surface area contributed by atoms with Crippen LogP contribution in [-0.2, 0) is 14.9 Å². The van der Waals surface area contributed by atoms with Gasteiger partial charge < -0.3 is 10.4 Å². The second-order valence-corrected chi connectivity index (χ2v) is 10.8. The van der Waals surface area contributed by atoms with E-state index in [1.807, 2.05) is 6.08 Å². The second kappa shape index (κ2) is 25.1. The molecule has 0 aliphatic rings. The molecule has 6 nitrogen and oxygen atoms in total. The molecule has 0 fully saturated rings. The summed E-state index contributed by atoms with van der Waals surface area (Å²) in [5.74, 6) is -1.07. The highest BCUT2D eigenvalue weighted by atomic mass is 32.2. The first-order valence-corrected chi connectivity index (χ1v) is 15.7. The molecule has 2 unspecified atom stereocenters. The minimum atomic E-state index is -4.34. The number of unbranched alkanes of at least 4 members (excludes halogenated alkanes) is 5. The van der Waals surface area contributed by atoms with E-state index >= 15 is 0 Å². The molecule has 0 rings (SSSR count). The Balaban J connectivity index is 4.20. The lowest BCUT2D eigenvalue weighted by molar-refractivity contribution is -0.122. The first kappa shape index (κ1) is 35.8. The molecule has 0 radical (unpaired) electrons. The van der Waals surface area contributed by atoms with Crippen molar-refractivity contribution in [2.75, 3.05) is 5.75 Å². The summed E-state index contributed by atoms with van der Waals surface area (Å²) in [6, 6.07) is -1.09. The molecule has 1 amide bonds. The van der Waals surface area contributed by atoms with Crippen LogP contribution in [0, 0.1) is 0 Å². The van der Waals surface area contributed by atoms with E-state index in [-0.39, 0.29) is 12.3 Å². The molecule has 0 spiro atoms. The highest BCUT2D eigenvalue weighted by Gasteiger charge is 2.24. The van der Waals surface area contributed by atoms with Crippen LogP contribution in [0.4, 0.5) is 0 Å². The fraction of sp³-hybridized carbons (Fsp3) is 0.581. The van der Waals surface area contributed by atoms with E-state index in [1.165, 1.54) is 6.08 Å². The first-order valence-electron chi connectivity index (χ1n) is 14.1. The summed E-state index contributed by atoms with van der Waals surface area (Å²) in [7, 11) is -4.34. The topological polar surface area (TPSA) is 104 Å². The molecule has 0 bridgehead atoms. The third-order valence-corrected chi connectivity index (χ3v) is 6.42. The van der Waals surface area contributed by atoms with Gasteiger partial charge >= 0.3 is 0 Å². The Labute approximate surface area is 232 Å². The van der Waals surface area contributed by atoms with Gasteiger partial charge in [-0.15, -0.1) is 0 Å². The lowest BCUT2D eigenvalue weighted by atomic mass is 10.1. The normalized spacial score (nSPS) is 14.7. The quantitative estimate of drug-likeness (QED) is 0.0712. The average Bonchev–Trinajstić information content (AvgIpc) is 2.86. The Bertz CT molecular complexity index is 869. The van der Waals surface area contributed by atoms with Crippen LogP contribution in [-0.4, -0.2) is 41.9 Å². The summed E-state index contributed by atoms with van der Waals surface area (Å²) in [4.78, 5) is 12.3. The maximum Gasteiger partial charge on any atom is 0.267 e. The predicted octanol–water partition coefficient (Wildman–Crippen LogP) is 7.17. The van der Waals surface area contributed by atoms with Crippen molar-refractivity contribution < 1.29 is 22.9 Å². The summed E-state index contributed by atoms with van der Waals surface area (Å²) < 4.78 is 31.9. The number of allylic oxidation sites excluding steroid dienone is 11. The van der Waals surface area contributed by atoms with Crippen LogP contribution in [0.5, 0.6) is 0 Å². The molecule has 7 heteroatoms. The number of amides is 1. The maximum absolute atomic E-state index is 12.3. The number of carbonyl (C=O) groups excluding carboxylic acids is 1. The average molecular weight is 550 g/mol. The number of carbonyl (C=O) groups is 1. The lowest BCUT2D eigenvalue weighted by Gasteiger charge is -2.21. The summed E-state index contributed by atoms with van der Waals surface area (Å²) in [6.45, 7) is 4.26. The zero-order chi connectivity index (χ0) is 28.3. The van der Waals surface area contributed by atoms with Gasteiger partial charge in [-0.05, 0) is 57.8 Å². The van der Waals surface area contributed by atoms with Gasteiger partial charge in [0, 0.05) is 6.42 Å². The second-order valence-electron chi connectivity index (χ2n) is 9.29. The summed E-state index contributed by atoms with van der Waals surface area (Å²) in [5.41, 5.74) is 0. The van der Waals surface area contributed by atoms with E-state index in [9.17, 15) is 22.9 Å². The largest absolute Gasteiger partial charge is 0.387 e. The predicted molar refractivity (Wildman–Crippen MR) is 161 cm³/mol. The van der Waals surface area contributed by atoms with Crippen LogP contribution in [0.2, 0.25) is 0 Å². The van der Waals surface area contributed by atoms with Crippen molar-refractivity contribution in [3.63, 3.8) is 0 Å². The van der Waals surface area contributed by atoms with E-state index in [0.29, 0.717) is 6.42 Å². The van der Waals surface area contributed by atoms with Gasteiger partial charge in [0.1, 0.15) is 0 Å². The smallest absolute Gasteiger partial charge is 0.267 e. The number of aliphatic hydroxyl groups excluding tert-OH is 1.